The van der Waals surface area contributed by atoms with E-state index in [1.54, 1.807) is 5.43 Å². The van der Waals surface area contributed by atoms with Crippen LogP contribution in [0.1, 0.15) is 0 Å². The van der Waals surface area contributed by atoms with Crippen molar-refractivity contribution in [2.24, 2.45) is 0 Å². The first kappa shape index (κ1) is 7.98. The van der Waals surface area contributed by atoms with E-state index in [4.69, 9.17) is 5.11 Å². The molecule has 0 atom stereocenters. The lowest BCUT2D eigenvalue weighted by Crippen LogP contribution is -2.21. The molecule has 0 radical (unpaired) electrons. The second-order valence-corrected chi connectivity index (χ2v) is 1.77. The number of carbonyl (C=O) groups is 1. The Balaban J connectivity index is 2.91. The third-order valence-electron chi connectivity index (χ3n) is 1.00. The zero-order valence-corrected chi connectivity index (χ0v) is 5.67. The Morgan fingerprint density at radius 1 is 1.83 bits per heavy atom. The van der Waals surface area contributed by atoms with E-state index in [2.05, 4.69) is 4.98 Å². The van der Waals surface area contributed by atoms with Crippen molar-refractivity contribution in [3.63, 3.8) is 0 Å². The fourth-order valence-corrected chi connectivity index (χ4v) is 0.621. The predicted octanol–water partition coefficient (Wildman–Crippen LogP) is 0.0128. The van der Waals surface area contributed by atoms with Gasteiger partial charge in [-0.1, -0.05) is 4.98 Å². The molecule has 1 aromatic rings. The number of nitrogens with one attached hydrogen (secondary N) is 1. The SMILES string of the molecule is O=C(O)Nn1ccnc1[N+](=O)[O-]. The summed E-state index contributed by atoms with van der Waals surface area (Å²) >= 11 is 0. The second kappa shape index (κ2) is 2.86. The number of rotatable bonds is 2. The molecule has 0 bridgehead atoms. The van der Waals surface area contributed by atoms with Gasteiger partial charge in [-0.15, -0.1) is 4.68 Å². The second-order valence-electron chi connectivity index (χ2n) is 1.77. The Hall–Kier alpha value is -2.12. The van der Waals surface area contributed by atoms with E-state index in [0.29, 0.717) is 4.68 Å². The smallest absolute Gasteiger partial charge is 0.457 e. The molecule has 1 aromatic heterocycles. The molecule has 1 heterocycles. The van der Waals surface area contributed by atoms with Crippen LogP contribution in [0.5, 0.6) is 0 Å². The van der Waals surface area contributed by atoms with Crippen LogP contribution in [0.25, 0.3) is 0 Å². The first-order chi connectivity index (χ1) is 5.61. The number of nitrogens with zero attached hydrogens (tertiary/aromatic N) is 3. The van der Waals surface area contributed by atoms with Gasteiger partial charge in [0.15, 0.2) is 0 Å². The minimum Gasteiger partial charge on any atom is -0.463 e. The number of carboxylic acid groups (broad SMARTS) is 1. The molecule has 64 valence electrons. The van der Waals surface area contributed by atoms with E-state index in [9.17, 15) is 14.9 Å². The highest BCUT2D eigenvalue weighted by atomic mass is 16.6. The van der Waals surface area contributed by atoms with Gasteiger partial charge >= 0.3 is 12.0 Å². The van der Waals surface area contributed by atoms with Crippen molar-refractivity contribution in [3.05, 3.63) is 22.5 Å². The lowest BCUT2D eigenvalue weighted by Gasteiger charge is -1.97. The van der Waals surface area contributed by atoms with Crippen LogP contribution in [-0.2, 0) is 0 Å². The lowest BCUT2D eigenvalue weighted by atomic mass is 10.9. The van der Waals surface area contributed by atoms with Crippen LogP contribution in [0.2, 0.25) is 0 Å². The van der Waals surface area contributed by atoms with Crippen LogP contribution >= 0.6 is 0 Å². The summed E-state index contributed by atoms with van der Waals surface area (Å²) in [6.45, 7) is 0. The number of amides is 1. The van der Waals surface area contributed by atoms with Crippen LogP contribution in [0.3, 0.4) is 0 Å². The van der Waals surface area contributed by atoms with E-state index >= 15 is 0 Å². The highest BCUT2D eigenvalue weighted by Crippen LogP contribution is 2.03. The number of aromatic nitrogens is 2. The average molecular weight is 172 g/mol. The molecule has 0 aromatic carbocycles. The zero-order valence-electron chi connectivity index (χ0n) is 5.67. The van der Waals surface area contributed by atoms with Gasteiger partial charge in [0.25, 0.3) is 0 Å². The third kappa shape index (κ3) is 1.48. The van der Waals surface area contributed by atoms with E-state index in [1.807, 2.05) is 0 Å². The van der Waals surface area contributed by atoms with Gasteiger partial charge in [0.2, 0.25) is 0 Å². The molecule has 1 amide bonds. The maximum atomic E-state index is 10.2. The number of hydrogen-bond donors (Lipinski definition) is 2. The minimum atomic E-state index is -1.39. The lowest BCUT2D eigenvalue weighted by molar-refractivity contribution is -0.396. The van der Waals surface area contributed by atoms with Crippen LogP contribution in [0.15, 0.2) is 12.4 Å². The monoisotopic (exact) mass is 172 g/mol. The molecule has 0 saturated heterocycles. The Kier molecular flexibility index (Phi) is 1.90. The van der Waals surface area contributed by atoms with Gasteiger partial charge in [-0.05, 0) is 4.92 Å². The molecule has 0 fully saturated rings. The molecule has 8 nitrogen and oxygen atoms in total. The molecule has 0 aliphatic rings. The minimum absolute atomic E-state index is 0.572. The molecule has 8 heteroatoms. The Labute approximate surface area is 65.6 Å². The summed E-state index contributed by atoms with van der Waals surface area (Å²) in [5.74, 6) is -0.572. The molecular weight excluding hydrogens is 168 g/mol. The summed E-state index contributed by atoms with van der Waals surface area (Å²) in [4.78, 5) is 22.7. The fourth-order valence-electron chi connectivity index (χ4n) is 0.621. The molecule has 0 aliphatic carbocycles. The van der Waals surface area contributed by atoms with Crippen LogP contribution in [0.4, 0.5) is 10.7 Å². The first-order valence-corrected chi connectivity index (χ1v) is 2.79. The van der Waals surface area contributed by atoms with Crippen molar-refractivity contribution in [1.29, 1.82) is 0 Å². The van der Waals surface area contributed by atoms with Crippen molar-refractivity contribution in [2.45, 2.75) is 0 Å². The highest BCUT2D eigenvalue weighted by Gasteiger charge is 2.15. The summed E-state index contributed by atoms with van der Waals surface area (Å²) in [6.07, 6.45) is 0.858. The van der Waals surface area contributed by atoms with E-state index in [-0.39, 0.29) is 0 Å². The zero-order chi connectivity index (χ0) is 9.14. The number of imidazole rings is 1. The Bertz CT molecular complexity index is 319. The molecule has 12 heavy (non-hydrogen) atoms. The third-order valence-corrected chi connectivity index (χ3v) is 1.00. The number of hydrogen-bond acceptors (Lipinski definition) is 4. The topological polar surface area (TPSA) is 110 Å². The van der Waals surface area contributed by atoms with Gasteiger partial charge in [-0.3, -0.25) is 0 Å². The summed E-state index contributed by atoms with van der Waals surface area (Å²) in [5, 5.41) is 18.4. The highest BCUT2D eigenvalue weighted by molar-refractivity contribution is 5.73. The quantitative estimate of drug-likeness (QED) is 0.482. The molecule has 0 saturated carbocycles. The molecule has 0 aliphatic heterocycles. The molecule has 1 rings (SSSR count). The van der Waals surface area contributed by atoms with Gasteiger partial charge in [0.1, 0.15) is 12.4 Å². The van der Waals surface area contributed by atoms with Crippen molar-refractivity contribution in [2.75, 3.05) is 5.43 Å². The van der Waals surface area contributed by atoms with Crippen LogP contribution in [0, 0.1) is 10.1 Å². The van der Waals surface area contributed by atoms with Crippen molar-refractivity contribution in [3.8, 4) is 0 Å². The summed E-state index contributed by atoms with van der Waals surface area (Å²) in [7, 11) is 0. The summed E-state index contributed by atoms with van der Waals surface area (Å²) < 4.78 is 0.697. The Morgan fingerprint density at radius 3 is 3.00 bits per heavy atom. The van der Waals surface area contributed by atoms with Crippen molar-refractivity contribution in [1.82, 2.24) is 9.66 Å². The maximum Gasteiger partial charge on any atom is 0.457 e. The molecule has 0 spiro atoms. The fraction of sp³-hybridized carbons (Fsp3) is 0. The van der Waals surface area contributed by atoms with Gasteiger partial charge in [0, 0.05) is 0 Å². The Morgan fingerprint density at radius 2 is 2.50 bits per heavy atom. The predicted molar refractivity (Wildman–Crippen MR) is 36.3 cm³/mol. The van der Waals surface area contributed by atoms with Crippen LogP contribution in [-0.4, -0.2) is 25.8 Å². The van der Waals surface area contributed by atoms with Crippen molar-refractivity contribution >= 4 is 12.0 Å². The van der Waals surface area contributed by atoms with Gasteiger partial charge < -0.3 is 15.2 Å². The molecule has 0 unspecified atom stereocenters. The number of nitro groups is 1. The van der Waals surface area contributed by atoms with E-state index in [0.717, 1.165) is 12.4 Å². The first-order valence-electron chi connectivity index (χ1n) is 2.79. The standard InChI is InChI=1S/C4H4N4O4/c9-4(10)6-7-2-1-5-3(7)8(11)12/h1-2,6H,(H,9,10). The molecule has 2 N–H and O–H groups in total. The van der Waals surface area contributed by atoms with E-state index < -0.39 is 17.0 Å². The van der Waals surface area contributed by atoms with Gasteiger partial charge in [0.05, 0.1) is 0 Å². The maximum absolute atomic E-state index is 10.2. The molecular formula is C4H4N4O4. The summed E-state index contributed by atoms with van der Waals surface area (Å²) in [5.41, 5.74) is 1.76. The van der Waals surface area contributed by atoms with Gasteiger partial charge in [-0.2, -0.15) is 5.43 Å². The largest absolute Gasteiger partial charge is 0.463 e. The summed E-state index contributed by atoms with van der Waals surface area (Å²) in [6, 6.07) is 0. The van der Waals surface area contributed by atoms with E-state index in [1.165, 1.54) is 0 Å². The van der Waals surface area contributed by atoms with Crippen molar-refractivity contribution < 1.29 is 14.8 Å². The van der Waals surface area contributed by atoms with Crippen LogP contribution < -0.4 is 5.43 Å². The van der Waals surface area contributed by atoms with Gasteiger partial charge in [-0.25, -0.2) is 4.79 Å². The normalized spacial score (nSPS) is 9.33. The average Bonchev–Trinajstić information content (AvgIpc) is 2.33.